The number of carbonyl (C=O) groups is 1. The summed E-state index contributed by atoms with van der Waals surface area (Å²) in [7, 11) is 1.80. The molecule has 0 radical (unpaired) electrons. The molecular formula is C21H23N3O2S2. The van der Waals surface area contributed by atoms with Crippen LogP contribution in [0.3, 0.4) is 0 Å². The molecule has 4 rings (SSSR count). The molecule has 1 aliphatic carbocycles. The lowest BCUT2D eigenvalue weighted by molar-refractivity contribution is -0.117. The number of thioether (sulfide) groups is 1. The average Bonchev–Trinajstić information content (AvgIpc) is 3.10. The maximum absolute atomic E-state index is 12.6. The van der Waals surface area contributed by atoms with Crippen LogP contribution in [0.5, 0.6) is 0 Å². The Bertz CT molecular complexity index is 1040. The van der Waals surface area contributed by atoms with E-state index < -0.39 is 0 Å². The first-order valence-electron chi connectivity index (χ1n) is 9.56. The topological polar surface area (TPSA) is 66.1 Å². The summed E-state index contributed by atoms with van der Waals surface area (Å²) in [4.78, 5) is 36.4. The Morgan fingerprint density at radius 3 is 2.86 bits per heavy atom. The number of thiophene rings is 1. The van der Waals surface area contributed by atoms with E-state index in [-0.39, 0.29) is 11.5 Å². The highest BCUT2D eigenvalue weighted by Crippen LogP contribution is 2.33. The average molecular weight is 414 g/mol. The van der Waals surface area contributed by atoms with Crippen molar-refractivity contribution in [3.63, 3.8) is 0 Å². The number of aryl methyl sites for hydroxylation is 2. The maximum atomic E-state index is 12.6. The SMILES string of the molecule is CN(C(=O)CCSCc1nc2sc3c(c2c(=O)[nH]1)CCCC3)c1ccccc1. The number of fused-ring (bicyclic) bond motifs is 3. The number of anilines is 1. The number of amides is 1. The molecule has 1 amide bonds. The molecule has 5 nitrogen and oxygen atoms in total. The van der Waals surface area contributed by atoms with Crippen molar-refractivity contribution in [3.8, 4) is 0 Å². The molecule has 0 spiro atoms. The minimum absolute atomic E-state index is 0.0140. The summed E-state index contributed by atoms with van der Waals surface area (Å²) >= 11 is 3.30. The zero-order valence-electron chi connectivity index (χ0n) is 15.9. The molecule has 0 bridgehead atoms. The van der Waals surface area contributed by atoms with Crippen molar-refractivity contribution >= 4 is 44.9 Å². The van der Waals surface area contributed by atoms with Gasteiger partial charge < -0.3 is 9.88 Å². The van der Waals surface area contributed by atoms with Crippen LogP contribution in [0.1, 0.15) is 35.5 Å². The predicted molar refractivity (Wildman–Crippen MR) is 118 cm³/mol. The quantitative estimate of drug-likeness (QED) is 0.617. The molecule has 0 saturated carbocycles. The first-order chi connectivity index (χ1) is 13.6. The molecule has 3 aromatic rings. The molecule has 0 saturated heterocycles. The van der Waals surface area contributed by atoms with E-state index in [4.69, 9.17) is 0 Å². The summed E-state index contributed by atoms with van der Waals surface area (Å²) in [6, 6.07) is 9.64. The van der Waals surface area contributed by atoms with Gasteiger partial charge in [-0.25, -0.2) is 4.98 Å². The molecule has 0 unspecified atom stereocenters. The van der Waals surface area contributed by atoms with E-state index in [0.717, 1.165) is 35.2 Å². The normalized spacial score (nSPS) is 13.5. The Hall–Kier alpha value is -2.12. The number of nitrogens with zero attached hydrogens (tertiary/aromatic N) is 2. The number of nitrogens with one attached hydrogen (secondary N) is 1. The van der Waals surface area contributed by atoms with Crippen LogP contribution >= 0.6 is 23.1 Å². The molecule has 2 heterocycles. The molecule has 1 aliphatic rings. The Morgan fingerprint density at radius 1 is 1.25 bits per heavy atom. The summed E-state index contributed by atoms with van der Waals surface area (Å²) in [5.41, 5.74) is 2.10. The first-order valence-corrected chi connectivity index (χ1v) is 11.5. The molecule has 28 heavy (non-hydrogen) atoms. The molecule has 7 heteroatoms. The number of H-pyrrole nitrogens is 1. The molecule has 146 valence electrons. The highest BCUT2D eigenvalue weighted by atomic mass is 32.2. The Balaban J connectivity index is 1.36. The maximum Gasteiger partial charge on any atom is 0.259 e. The Morgan fingerprint density at radius 2 is 2.04 bits per heavy atom. The fraction of sp³-hybridized carbons (Fsp3) is 0.381. The van der Waals surface area contributed by atoms with Gasteiger partial charge in [0, 0.05) is 29.8 Å². The molecule has 1 N–H and O–H groups in total. The lowest BCUT2D eigenvalue weighted by Crippen LogP contribution is -2.26. The summed E-state index contributed by atoms with van der Waals surface area (Å²) < 4.78 is 0. The lowest BCUT2D eigenvalue weighted by atomic mass is 9.97. The van der Waals surface area contributed by atoms with Gasteiger partial charge in [0.15, 0.2) is 0 Å². The minimum atomic E-state index is -0.0140. The van der Waals surface area contributed by atoms with Crippen LogP contribution in [-0.4, -0.2) is 28.7 Å². The highest BCUT2D eigenvalue weighted by Gasteiger charge is 2.19. The van der Waals surface area contributed by atoms with E-state index in [0.29, 0.717) is 23.8 Å². The van der Waals surface area contributed by atoms with Crippen LogP contribution < -0.4 is 10.5 Å². The van der Waals surface area contributed by atoms with Crippen molar-refractivity contribution in [2.24, 2.45) is 0 Å². The predicted octanol–water partition coefficient (Wildman–Crippen LogP) is 4.15. The molecule has 2 aromatic heterocycles. The third-order valence-corrected chi connectivity index (χ3v) is 7.25. The number of benzene rings is 1. The Labute approximate surface area is 172 Å². The Kier molecular flexibility index (Phi) is 5.82. The van der Waals surface area contributed by atoms with Gasteiger partial charge in [0.25, 0.3) is 5.56 Å². The first kappa shape index (κ1) is 19.2. The van der Waals surface area contributed by atoms with Gasteiger partial charge in [0.1, 0.15) is 10.7 Å². The summed E-state index contributed by atoms with van der Waals surface area (Å²) in [5, 5.41) is 0.799. The zero-order valence-corrected chi connectivity index (χ0v) is 17.5. The number of rotatable bonds is 6. The summed E-state index contributed by atoms with van der Waals surface area (Å²) in [5.74, 6) is 2.08. The van der Waals surface area contributed by atoms with E-state index in [1.807, 2.05) is 30.3 Å². The zero-order chi connectivity index (χ0) is 19.5. The lowest BCUT2D eigenvalue weighted by Gasteiger charge is -2.16. The van der Waals surface area contributed by atoms with Gasteiger partial charge in [-0.1, -0.05) is 18.2 Å². The number of hydrogen-bond donors (Lipinski definition) is 1. The van der Waals surface area contributed by atoms with E-state index in [1.165, 1.54) is 16.9 Å². The van der Waals surface area contributed by atoms with Crippen molar-refractivity contribution in [1.29, 1.82) is 0 Å². The van der Waals surface area contributed by atoms with Crippen LogP contribution in [-0.2, 0) is 23.4 Å². The minimum Gasteiger partial charge on any atom is -0.315 e. The number of aromatic amines is 1. The van der Waals surface area contributed by atoms with Crippen molar-refractivity contribution in [2.45, 2.75) is 37.9 Å². The second kappa shape index (κ2) is 8.49. The third kappa shape index (κ3) is 4.00. The number of para-hydroxylation sites is 1. The fourth-order valence-electron chi connectivity index (χ4n) is 3.57. The van der Waals surface area contributed by atoms with E-state index >= 15 is 0 Å². The van der Waals surface area contributed by atoms with Crippen molar-refractivity contribution in [3.05, 3.63) is 57.0 Å². The summed E-state index contributed by atoms with van der Waals surface area (Å²) in [6.45, 7) is 0. The van der Waals surface area contributed by atoms with Gasteiger partial charge >= 0.3 is 0 Å². The van der Waals surface area contributed by atoms with Gasteiger partial charge in [-0.15, -0.1) is 11.3 Å². The third-order valence-electron chi connectivity index (χ3n) is 5.09. The second-order valence-electron chi connectivity index (χ2n) is 6.99. The van der Waals surface area contributed by atoms with Crippen LogP contribution in [0.2, 0.25) is 0 Å². The number of hydrogen-bond acceptors (Lipinski definition) is 5. The molecule has 0 aliphatic heterocycles. The largest absolute Gasteiger partial charge is 0.315 e. The molecule has 0 fully saturated rings. The van der Waals surface area contributed by atoms with E-state index in [9.17, 15) is 9.59 Å². The van der Waals surface area contributed by atoms with Crippen molar-refractivity contribution < 1.29 is 4.79 Å². The van der Waals surface area contributed by atoms with Crippen LogP contribution in [0.4, 0.5) is 5.69 Å². The molecule has 1 aromatic carbocycles. The molecular weight excluding hydrogens is 390 g/mol. The van der Waals surface area contributed by atoms with Crippen LogP contribution in [0.15, 0.2) is 35.1 Å². The smallest absolute Gasteiger partial charge is 0.259 e. The van der Waals surface area contributed by atoms with Gasteiger partial charge in [0.05, 0.1) is 11.1 Å². The van der Waals surface area contributed by atoms with Gasteiger partial charge in [0.2, 0.25) is 5.91 Å². The standard InChI is InChI=1S/C21H23N3O2S2/c1-24(14-7-3-2-4-8-14)18(25)11-12-27-13-17-22-20(26)19-15-9-5-6-10-16(15)28-21(19)23-17/h2-4,7-8H,5-6,9-13H2,1H3,(H,22,23,26). The fourth-order valence-corrected chi connectivity index (χ4v) is 5.64. The van der Waals surface area contributed by atoms with Crippen LogP contribution in [0.25, 0.3) is 10.2 Å². The van der Waals surface area contributed by atoms with Gasteiger partial charge in [-0.3, -0.25) is 9.59 Å². The van der Waals surface area contributed by atoms with E-state index in [1.54, 1.807) is 35.0 Å². The number of carbonyl (C=O) groups excluding carboxylic acids is 1. The molecule has 0 atom stereocenters. The van der Waals surface area contributed by atoms with Crippen molar-refractivity contribution in [2.75, 3.05) is 17.7 Å². The van der Waals surface area contributed by atoms with Gasteiger partial charge in [-0.2, -0.15) is 11.8 Å². The summed E-state index contributed by atoms with van der Waals surface area (Å²) in [6.07, 6.45) is 4.87. The van der Waals surface area contributed by atoms with Crippen LogP contribution in [0, 0.1) is 0 Å². The van der Waals surface area contributed by atoms with E-state index in [2.05, 4.69) is 9.97 Å². The second-order valence-corrected chi connectivity index (χ2v) is 9.18. The highest BCUT2D eigenvalue weighted by molar-refractivity contribution is 7.98. The van der Waals surface area contributed by atoms with Crippen molar-refractivity contribution in [1.82, 2.24) is 9.97 Å². The monoisotopic (exact) mass is 413 g/mol. The van der Waals surface area contributed by atoms with Gasteiger partial charge in [-0.05, 0) is 43.4 Å². The number of aromatic nitrogens is 2.